The van der Waals surface area contributed by atoms with E-state index in [-0.39, 0.29) is 5.56 Å². The van der Waals surface area contributed by atoms with E-state index in [0.717, 1.165) is 65.9 Å². The molecular weight excluding hydrogens is 587 g/mol. The van der Waals surface area contributed by atoms with Crippen molar-refractivity contribution >= 4 is 49.0 Å². The van der Waals surface area contributed by atoms with Crippen molar-refractivity contribution in [2.24, 2.45) is 0 Å². The van der Waals surface area contributed by atoms with Crippen LogP contribution < -0.4 is 5.56 Å². The van der Waals surface area contributed by atoms with E-state index >= 15 is 0 Å². The summed E-state index contributed by atoms with van der Waals surface area (Å²) in [6, 6.07) is 56.8. The van der Waals surface area contributed by atoms with Crippen LogP contribution in [0.4, 0.5) is 0 Å². The maximum absolute atomic E-state index is 14.4. The second-order valence-electron chi connectivity index (χ2n) is 12.4. The van der Waals surface area contributed by atoms with Crippen molar-refractivity contribution in [3.05, 3.63) is 174 Å². The Hall–Kier alpha value is -6.52. The number of aromatic nitrogens is 3. The minimum Gasteiger partial charge on any atom is -0.279 e. The summed E-state index contributed by atoms with van der Waals surface area (Å²) in [4.78, 5) is 19.7. The lowest BCUT2D eigenvalue weighted by molar-refractivity contribution is 0.970. The average Bonchev–Trinajstić information content (AvgIpc) is 3.70. The molecule has 48 heavy (non-hydrogen) atoms. The molecule has 0 atom stereocenters. The van der Waals surface area contributed by atoms with Crippen molar-refractivity contribution in [1.82, 2.24) is 14.0 Å². The molecule has 0 aliphatic carbocycles. The Morgan fingerprint density at radius 2 is 0.958 bits per heavy atom. The van der Waals surface area contributed by atoms with Gasteiger partial charge in [-0.05, 0) is 81.2 Å². The second-order valence-corrected chi connectivity index (χ2v) is 12.4. The summed E-state index contributed by atoms with van der Waals surface area (Å²) < 4.78 is 3.98. The van der Waals surface area contributed by atoms with E-state index in [9.17, 15) is 4.79 Å². The number of nitrogens with zero attached hydrogens (tertiary/aromatic N) is 3. The Balaban J connectivity index is 1.26. The molecule has 0 aliphatic rings. The van der Waals surface area contributed by atoms with E-state index in [0.29, 0.717) is 11.3 Å². The van der Waals surface area contributed by atoms with Crippen molar-refractivity contribution < 1.29 is 0 Å². The monoisotopic (exact) mass is 613 g/mol. The van der Waals surface area contributed by atoms with Crippen molar-refractivity contribution in [2.45, 2.75) is 0 Å². The van der Waals surface area contributed by atoms with Gasteiger partial charge in [0.2, 0.25) is 5.95 Å². The molecule has 0 bridgehead atoms. The molecule has 0 amide bonds. The second kappa shape index (κ2) is 10.2. The number of hydrogen-bond donors (Lipinski definition) is 0. The highest BCUT2D eigenvalue weighted by atomic mass is 16.1. The first-order valence-electron chi connectivity index (χ1n) is 16.2. The van der Waals surface area contributed by atoms with E-state index in [2.05, 4.69) is 132 Å². The molecule has 0 aliphatic heterocycles. The molecule has 224 valence electrons. The average molecular weight is 614 g/mol. The first-order chi connectivity index (χ1) is 23.7. The van der Waals surface area contributed by atoms with Crippen LogP contribution in [0, 0.1) is 0 Å². The third-order valence-corrected chi connectivity index (χ3v) is 9.67. The number of fused-ring (bicyclic) bond motifs is 5. The van der Waals surface area contributed by atoms with Gasteiger partial charge in [0.25, 0.3) is 5.56 Å². The summed E-state index contributed by atoms with van der Waals surface area (Å²) in [5.74, 6) is 0.598. The summed E-state index contributed by atoms with van der Waals surface area (Å²) in [5.41, 5.74) is 10.4. The van der Waals surface area contributed by atoms with Crippen LogP contribution in [0.3, 0.4) is 0 Å². The van der Waals surface area contributed by atoms with Gasteiger partial charge >= 0.3 is 0 Å². The number of hydrogen-bond acceptors (Lipinski definition) is 2. The quantitative estimate of drug-likeness (QED) is 0.185. The summed E-state index contributed by atoms with van der Waals surface area (Å²) >= 11 is 0. The van der Waals surface area contributed by atoms with E-state index in [4.69, 9.17) is 4.98 Å². The van der Waals surface area contributed by atoms with Crippen LogP contribution in [0.2, 0.25) is 0 Å². The first-order valence-corrected chi connectivity index (χ1v) is 16.2. The summed E-state index contributed by atoms with van der Waals surface area (Å²) in [6.45, 7) is 0. The van der Waals surface area contributed by atoms with E-state index < -0.39 is 0 Å². The van der Waals surface area contributed by atoms with E-state index in [1.807, 2.05) is 40.8 Å². The van der Waals surface area contributed by atoms with Gasteiger partial charge in [-0.3, -0.25) is 9.36 Å². The minimum absolute atomic E-state index is 0.0664. The van der Waals surface area contributed by atoms with Crippen LogP contribution in [-0.4, -0.2) is 14.0 Å². The van der Waals surface area contributed by atoms with Gasteiger partial charge in [0, 0.05) is 21.5 Å². The van der Waals surface area contributed by atoms with Gasteiger partial charge in [0.15, 0.2) is 0 Å². The normalized spacial score (nSPS) is 11.8. The largest absolute Gasteiger partial charge is 0.279 e. The lowest BCUT2D eigenvalue weighted by atomic mass is 9.98. The van der Waals surface area contributed by atoms with Gasteiger partial charge in [-0.15, -0.1) is 0 Å². The van der Waals surface area contributed by atoms with Crippen molar-refractivity contribution in [3.8, 4) is 39.3 Å². The Bertz CT molecular complexity index is 2900. The van der Waals surface area contributed by atoms with Crippen LogP contribution in [0.1, 0.15) is 0 Å². The van der Waals surface area contributed by atoms with Gasteiger partial charge in [0.05, 0.1) is 22.1 Å². The van der Waals surface area contributed by atoms with E-state index in [1.54, 1.807) is 0 Å². The predicted molar refractivity (Wildman–Crippen MR) is 198 cm³/mol. The zero-order valence-electron chi connectivity index (χ0n) is 25.8. The van der Waals surface area contributed by atoms with Crippen LogP contribution >= 0.6 is 0 Å². The van der Waals surface area contributed by atoms with Gasteiger partial charge in [-0.25, -0.2) is 9.38 Å². The van der Waals surface area contributed by atoms with Gasteiger partial charge in [0.1, 0.15) is 0 Å². The van der Waals surface area contributed by atoms with Gasteiger partial charge in [-0.2, -0.15) is 0 Å². The molecule has 0 N–H and O–H groups in total. The topological polar surface area (TPSA) is 39.3 Å². The molecule has 0 unspecified atom stereocenters. The predicted octanol–water partition coefficient (Wildman–Crippen LogP) is 10.5. The highest BCUT2D eigenvalue weighted by Crippen LogP contribution is 2.38. The molecule has 3 heterocycles. The molecule has 0 saturated heterocycles. The van der Waals surface area contributed by atoms with Gasteiger partial charge < -0.3 is 0 Å². The molecule has 0 fully saturated rings. The standard InChI is InChI=1S/C44H27N3O/c48-43-36-20-8-7-18-34(36)38-26-33(29-14-5-2-6-15-29)27-39-42(38)47(43)44(45-39)46-40-21-10-9-19-35(40)37-25-32(22-23-41(37)46)31-17-11-16-30(24-31)28-12-3-1-4-13-28/h1-27H. The molecule has 10 aromatic rings. The van der Waals surface area contributed by atoms with Crippen molar-refractivity contribution in [3.63, 3.8) is 0 Å². The Kier molecular flexibility index (Phi) is 5.69. The lowest BCUT2D eigenvalue weighted by Crippen LogP contribution is -2.16. The SMILES string of the molecule is O=c1c2ccccc2c2cc(-c3ccccc3)cc3nc(-n4c5ccccc5c5cc(-c6cccc(-c7ccccc7)c6)ccc54)n1c32. The van der Waals surface area contributed by atoms with Crippen LogP contribution in [0.15, 0.2) is 169 Å². The van der Waals surface area contributed by atoms with Crippen molar-refractivity contribution in [1.29, 1.82) is 0 Å². The van der Waals surface area contributed by atoms with Crippen LogP contribution in [0.25, 0.3) is 88.3 Å². The highest BCUT2D eigenvalue weighted by molar-refractivity contribution is 6.14. The lowest BCUT2D eigenvalue weighted by Gasteiger charge is -2.10. The molecule has 3 aromatic heterocycles. The Morgan fingerprint density at radius 1 is 0.396 bits per heavy atom. The Morgan fingerprint density at radius 3 is 1.73 bits per heavy atom. The minimum atomic E-state index is -0.0664. The number of benzene rings is 7. The fourth-order valence-electron chi connectivity index (χ4n) is 7.44. The Labute approximate surface area is 275 Å². The summed E-state index contributed by atoms with van der Waals surface area (Å²) in [6.07, 6.45) is 0. The molecule has 0 spiro atoms. The number of pyridine rings is 1. The number of para-hydroxylation sites is 1. The molecule has 0 saturated carbocycles. The van der Waals surface area contributed by atoms with Crippen LogP contribution in [-0.2, 0) is 0 Å². The highest BCUT2D eigenvalue weighted by Gasteiger charge is 2.23. The zero-order chi connectivity index (χ0) is 31.8. The smallest absolute Gasteiger partial charge is 0.265 e. The number of rotatable bonds is 4. The molecule has 4 heteroatoms. The molecule has 0 radical (unpaired) electrons. The molecular formula is C44H27N3O. The molecule has 10 rings (SSSR count). The third-order valence-electron chi connectivity index (χ3n) is 9.67. The number of imidazole rings is 1. The third kappa shape index (κ3) is 3.90. The van der Waals surface area contributed by atoms with Crippen molar-refractivity contribution in [2.75, 3.05) is 0 Å². The summed E-state index contributed by atoms with van der Waals surface area (Å²) in [7, 11) is 0. The molecule has 4 nitrogen and oxygen atoms in total. The fraction of sp³-hybridized carbons (Fsp3) is 0. The first kappa shape index (κ1) is 26.7. The fourth-order valence-corrected chi connectivity index (χ4v) is 7.44. The maximum atomic E-state index is 14.4. The molecule has 7 aromatic carbocycles. The maximum Gasteiger partial charge on any atom is 0.265 e. The summed E-state index contributed by atoms with van der Waals surface area (Å²) in [5, 5.41) is 4.86. The van der Waals surface area contributed by atoms with E-state index in [1.165, 1.54) is 11.1 Å². The van der Waals surface area contributed by atoms with Gasteiger partial charge in [-0.1, -0.05) is 121 Å². The zero-order valence-corrected chi connectivity index (χ0v) is 25.8. The van der Waals surface area contributed by atoms with Crippen LogP contribution in [0.5, 0.6) is 0 Å².